The van der Waals surface area contributed by atoms with Crippen LogP contribution in [-0.2, 0) is 0 Å². The molecule has 1 heterocycles. The molecule has 0 atom stereocenters. The third-order valence-corrected chi connectivity index (χ3v) is 2.76. The lowest BCUT2D eigenvalue weighted by atomic mass is 10.0. The fourth-order valence-electron chi connectivity index (χ4n) is 2.12. The first kappa shape index (κ1) is 11.6. The topological polar surface area (TPSA) is 35.0 Å². The molecule has 0 N–H and O–H groups in total. The molecule has 2 aromatic rings. The molecular formula is C14H16N2O. The number of para-hydroxylation sites is 1. The molecule has 3 heteroatoms. The van der Waals surface area contributed by atoms with Crippen molar-refractivity contribution >= 4 is 0 Å². The molecule has 0 saturated carbocycles. The molecule has 0 aliphatic heterocycles. The fourth-order valence-corrected chi connectivity index (χ4v) is 2.12. The predicted molar refractivity (Wildman–Crippen MR) is 68.2 cm³/mol. The number of rotatable bonds is 2. The van der Waals surface area contributed by atoms with Gasteiger partial charge >= 0.3 is 0 Å². The zero-order valence-electron chi connectivity index (χ0n) is 10.6. The van der Waals surface area contributed by atoms with Crippen LogP contribution in [-0.4, -0.2) is 17.1 Å². The van der Waals surface area contributed by atoms with Gasteiger partial charge in [0.05, 0.1) is 7.11 Å². The number of hydrogen-bond donors (Lipinski definition) is 0. The molecular weight excluding hydrogens is 212 g/mol. The Hall–Kier alpha value is -1.90. The Morgan fingerprint density at radius 3 is 2.12 bits per heavy atom. The fraction of sp³-hybridized carbons (Fsp3) is 0.286. The highest BCUT2D eigenvalue weighted by molar-refractivity contribution is 5.73. The second-order valence-corrected chi connectivity index (χ2v) is 4.02. The minimum absolute atomic E-state index is 0.804. The number of hydrogen-bond acceptors (Lipinski definition) is 3. The Kier molecular flexibility index (Phi) is 3.09. The summed E-state index contributed by atoms with van der Waals surface area (Å²) in [6, 6.07) is 7.94. The van der Waals surface area contributed by atoms with Gasteiger partial charge in [-0.25, -0.2) is 9.97 Å². The van der Waals surface area contributed by atoms with Gasteiger partial charge in [-0.3, -0.25) is 0 Å². The Labute approximate surface area is 102 Å². The van der Waals surface area contributed by atoms with Crippen molar-refractivity contribution in [2.75, 3.05) is 7.11 Å². The van der Waals surface area contributed by atoms with Crippen LogP contribution in [0.4, 0.5) is 0 Å². The van der Waals surface area contributed by atoms with Gasteiger partial charge in [-0.1, -0.05) is 18.2 Å². The van der Waals surface area contributed by atoms with Crippen molar-refractivity contribution in [3.8, 4) is 16.9 Å². The van der Waals surface area contributed by atoms with E-state index in [2.05, 4.69) is 9.97 Å². The summed E-state index contributed by atoms with van der Waals surface area (Å²) in [7, 11) is 1.68. The van der Waals surface area contributed by atoms with E-state index in [0.29, 0.717) is 0 Å². The van der Waals surface area contributed by atoms with Gasteiger partial charge in [0.2, 0.25) is 0 Å². The Balaban J connectivity index is 2.68. The first-order valence-corrected chi connectivity index (χ1v) is 5.58. The van der Waals surface area contributed by atoms with E-state index < -0.39 is 0 Å². The van der Waals surface area contributed by atoms with Crippen molar-refractivity contribution in [1.82, 2.24) is 9.97 Å². The zero-order chi connectivity index (χ0) is 12.4. The largest absolute Gasteiger partial charge is 0.496 e. The molecule has 88 valence electrons. The van der Waals surface area contributed by atoms with Crippen LogP contribution < -0.4 is 4.74 Å². The van der Waals surface area contributed by atoms with Crippen LogP contribution in [0.25, 0.3) is 11.1 Å². The van der Waals surface area contributed by atoms with Gasteiger partial charge in [0.1, 0.15) is 11.6 Å². The highest BCUT2D eigenvalue weighted by atomic mass is 16.5. The monoisotopic (exact) mass is 228 g/mol. The predicted octanol–water partition coefficient (Wildman–Crippen LogP) is 3.08. The van der Waals surface area contributed by atoms with Crippen molar-refractivity contribution in [1.29, 1.82) is 0 Å². The first-order chi connectivity index (χ1) is 8.13. The SMILES string of the molecule is COc1ccccc1-c1c(C)nc(C)nc1C. The molecule has 0 fully saturated rings. The molecule has 0 amide bonds. The van der Waals surface area contributed by atoms with E-state index in [9.17, 15) is 0 Å². The highest BCUT2D eigenvalue weighted by Gasteiger charge is 2.12. The molecule has 0 bridgehead atoms. The maximum atomic E-state index is 5.38. The second-order valence-electron chi connectivity index (χ2n) is 4.02. The summed E-state index contributed by atoms with van der Waals surface area (Å²) in [4.78, 5) is 8.84. The lowest BCUT2D eigenvalue weighted by molar-refractivity contribution is 0.416. The summed E-state index contributed by atoms with van der Waals surface area (Å²) in [6.07, 6.45) is 0. The van der Waals surface area contributed by atoms with Crippen LogP contribution in [0.3, 0.4) is 0 Å². The number of ether oxygens (including phenoxy) is 1. The van der Waals surface area contributed by atoms with Gasteiger partial charge in [0.25, 0.3) is 0 Å². The van der Waals surface area contributed by atoms with E-state index >= 15 is 0 Å². The normalized spacial score (nSPS) is 10.4. The molecule has 0 radical (unpaired) electrons. The molecule has 1 aromatic carbocycles. The van der Waals surface area contributed by atoms with Crippen LogP contribution in [0, 0.1) is 20.8 Å². The minimum atomic E-state index is 0.804. The first-order valence-electron chi connectivity index (χ1n) is 5.58. The molecule has 0 aliphatic rings. The Morgan fingerprint density at radius 1 is 0.941 bits per heavy atom. The Morgan fingerprint density at radius 2 is 1.53 bits per heavy atom. The van der Waals surface area contributed by atoms with Crippen molar-refractivity contribution in [3.05, 3.63) is 41.5 Å². The average Bonchev–Trinajstić information content (AvgIpc) is 2.28. The van der Waals surface area contributed by atoms with Crippen molar-refractivity contribution in [3.63, 3.8) is 0 Å². The van der Waals surface area contributed by atoms with Gasteiger partial charge in [0.15, 0.2) is 0 Å². The maximum Gasteiger partial charge on any atom is 0.126 e. The number of methoxy groups -OCH3 is 1. The summed E-state index contributed by atoms with van der Waals surface area (Å²) in [6.45, 7) is 5.92. The summed E-state index contributed by atoms with van der Waals surface area (Å²) in [5, 5.41) is 0. The lowest BCUT2D eigenvalue weighted by Gasteiger charge is -2.13. The van der Waals surface area contributed by atoms with Crippen LogP contribution in [0.5, 0.6) is 5.75 Å². The van der Waals surface area contributed by atoms with Crippen molar-refractivity contribution in [2.45, 2.75) is 20.8 Å². The van der Waals surface area contributed by atoms with E-state index in [1.165, 1.54) is 0 Å². The molecule has 0 unspecified atom stereocenters. The van der Waals surface area contributed by atoms with E-state index in [1.807, 2.05) is 45.0 Å². The van der Waals surface area contributed by atoms with Crippen LogP contribution in [0.15, 0.2) is 24.3 Å². The van der Waals surface area contributed by atoms with Crippen LogP contribution >= 0.6 is 0 Å². The third-order valence-electron chi connectivity index (χ3n) is 2.76. The quantitative estimate of drug-likeness (QED) is 0.792. The summed E-state index contributed by atoms with van der Waals surface area (Å²) in [5.41, 5.74) is 4.08. The number of aromatic nitrogens is 2. The smallest absolute Gasteiger partial charge is 0.126 e. The summed E-state index contributed by atoms with van der Waals surface area (Å²) in [5.74, 6) is 1.66. The maximum absolute atomic E-state index is 5.38. The average molecular weight is 228 g/mol. The van der Waals surface area contributed by atoms with E-state index in [0.717, 1.165) is 34.1 Å². The lowest BCUT2D eigenvalue weighted by Crippen LogP contribution is -2.00. The van der Waals surface area contributed by atoms with Crippen LogP contribution in [0.2, 0.25) is 0 Å². The zero-order valence-corrected chi connectivity index (χ0v) is 10.6. The molecule has 0 saturated heterocycles. The van der Waals surface area contributed by atoms with Gasteiger partial charge in [-0.05, 0) is 26.8 Å². The highest BCUT2D eigenvalue weighted by Crippen LogP contribution is 2.32. The number of nitrogens with zero attached hydrogens (tertiary/aromatic N) is 2. The Bertz CT molecular complexity index is 527. The van der Waals surface area contributed by atoms with E-state index in [4.69, 9.17) is 4.74 Å². The second kappa shape index (κ2) is 4.53. The van der Waals surface area contributed by atoms with Gasteiger partial charge < -0.3 is 4.74 Å². The van der Waals surface area contributed by atoms with Gasteiger partial charge in [-0.15, -0.1) is 0 Å². The number of benzene rings is 1. The molecule has 0 spiro atoms. The molecule has 0 aliphatic carbocycles. The molecule has 1 aromatic heterocycles. The van der Waals surface area contributed by atoms with Gasteiger partial charge in [0, 0.05) is 22.5 Å². The van der Waals surface area contributed by atoms with Gasteiger partial charge in [-0.2, -0.15) is 0 Å². The molecule has 17 heavy (non-hydrogen) atoms. The number of aryl methyl sites for hydroxylation is 3. The van der Waals surface area contributed by atoms with E-state index in [1.54, 1.807) is 7.11 Å². The van der Waals surface area contributed by atoms with Crippen LogP contribution in [0.1, 0.15) is 17.2 Å². The minimum Gasteiger partial charge on any atom is -0.496 e. The molecule has 3 nitrogen and oxygen atoms in total. The van der Waals surface area contributed by atoms with Crippen molar-refractivity contribution < 1.29 is 4.74 Å². The van der Waals surface area contributed by atoms with Crippen molar-refractivity contribution in [2.24, 2.45) is 0 Å². The molecule has 2 rings (SSSR count). The summed E-state index contributed by atoms with van der Waals surface area (Å²) >= 11 is 0. The standard InChI is InChI=1S/C14H16N2O/c1-9-14(10(2)16-11(3)15-9)12-7-5-6-8-13(12)17-4/h5-8H,1-4H3. The van der Waals surface area contributed by atoms with E-state index in [-0.39, 0.29) is 0 Å². The third kappa shape index (κ3) is 2.13. The summed E-state index contributed by atoms with van der Waals surface area (Å²) < 4.78 is 5.38.